The van der Waals surface area contributed by atoms with E-state index in [4.69, 9.17) is 11.6 Å². The van der Waals surface area contributed by atoms with Crippen molar-refractivity contribution in [3.8, 4) is 10.8 Å². The smallest absolute Gasteiger partial charge is 0.275 e. The van der Waals surface area contributed by atoms with Crippen molar-refractivity contribution in [3.05, 3.63) is 70.2 Å². The van der Waals surface area contributed by atoms with Crippen molar-refractivity contribution in [2.75, 3.05) is 10.6 Å². The Morgan fingerprint density at radius 1 is 1.12 bits per heavy atom. The molecule has 0 aliphatic rings. The molecule has 2 N–H and O–H groups in total. The highest BCUT2D eigenvalue weighted by atomic mass is 35.5. The molecule has 3 heterocycles. The maximum Gasteiger partial charge on any atom is 0.275 e. The van der Waals surface area contributed by atoms with Gasteiger partial charge >= 0.3 is 0 Å². The van der Waals surface area contributed by atoms with Gasteiger partial charge in [-0.2, -0.15) is 5.10 Å². The maximum absolute atomic E-state index is 12.7. The number of carbonyl (C=O) groups excluding carboxylic acids is 2. The Hall–Kier alpha value is -3.63. The molecule has 11 heteroatoms. The van der Waals surface area contributed by atoms with E-state index in [-0.39, 0.29) is 17.5 Å². The Bertz CT molecular complexity index is 1320. The molecular formula is C22H20ClN7O2S. The van der Waals surface area contributed by atoms with Crippen molar-refractivity contribution in [2.24, 2.45) is 0 Å². The Morgan fingerprint density at radius 2 is 1.88 bits per heavy atom. The van der Waals surface area contributed by atoms with E-state index < -0.39 is 6.04 Å². The fourth-order valence-corrected chi connectivity index (χ4v) is 4.14. The van der Waals surface area contributed by atoms with Crippen LogP contribution >= 0.6 is 22.9 Å². The maximum atomic E-state index is 12.7. The second-order valence-corrected chi connectivity index (χ2v) is 8.56. The molecule has 9 nitrogen and oxygen atoms in total. The summed E-state index contributed by atoms with van der Waals surface area (Å²) in [5.74, 6) is -0.183. The van der Waals surface area contributed by atoms with Crippen LogP contribution in [0.4, 0.5) is 11.4 Å². The number of halogens is 1. The van der Waals surface area contributed by atoms with Crippen LogP contribution in [-0.2, 0) is 4.79 Å². The zero-order valence-electron chi connectivity index (χ0n) is 18.0. The number of nitrogens with one attached hydrogen (secondary N) is 2. The second-order valence-electron chi connectivity index (χ2n) is 7.30. The van der Waals surface area contributed by atoms with Crippen LogP contribution in [0, 0.1) is 13.8 Å². The van der Waals surface area contributed by atoms with Gasteiger partial charge in [0.25, 0.3) is 5.91 Å². The third-order valence-corrected chi connectivity index (χ3v) is 5.92. The molecule has 0 saturated heterocycles. The minimum absolute atomic E-state index is 0.245. The second kappa shape index (κ2) is 9.47. The minimum atomic E-state index is -0.512. The Morgan fingerprint density at radius 3 is 2.55 bits per heavy atom. The van der Waals surface area contributed by atoms with Gasteiger partial charge in [-0.25, -0.2) is 15.0 Å². The van der Waals surface area contributed by atoms with Crippen LogP contribution in [0.3, 0.4) is 0 Å². The van der Waals surface area contributed by atoms with Gasteiger partial charge in [-0.1, -0.05) is 11.6 Å². The molecule has 2 amide bonds. The first-order valence-electron chi connectivity index (χ1n) is 9.99. The largest absolute Gasteiger partial charge is 0.323 e. The van der Waals surface area contributed by atoms with Crippen LogP contribution in [0.1, 0.15) is 34.8 Å². The standard InChI is InChI=1S/C22H20ClN7O2S/c1-12-9-13(2)30(29-12)14(3)20(31)27-17-6-5-15(10-16(17)23)26-21(32)18-11-33-22(28-18)19-24-7-4-8-25-19/h4-11,14H,1-3H3,(H,26,32)(H,27,31). The fraction of sp³-hybridized carbons (Fsp3) is 0.182. The molecule has 0 bridgehead atoms. The monoisotopic (exact) mass is 481 g/mol. The molecule has 0 saturated carbocycles. The van der Waals surface area contributed by atoms with E-state index in [2.05, 4.69) is 30.7 Å². The lowest BCUT2D eigenvalue weighted by Gasteiger charge is -2.15. The van der Waals surface area contributed by atoms with E-state index in [0.29, 0.717) is 27.2 Å². The molecule has 0 aliphatic carbocycles. The molecule has 0 aliphatic heterocycles. The predicted molar refractivity (Wildman–Crippen MR) is 128 cm³/mol. The Labute approximate surface area is 198 Å². The highest BCUT2D eigenvalue weighted by Crippen LogP contribution is 2.27. The van der Waals surface area contributed by atoms with Crippen molar-refractivity contribution >= 4 is 46.1 Å². The summed E-state index contributed by atoms with van der Waals surface area (Å²) in [6.45, 7) is 5.53. The summed E-state index contributed by atoms with van der Waals surface area (Å²) in [4.78, 5) is 37.8. The number of aromatic nitrogens is 5. The summed E-state index contributed by atoms with van der Waals surface area (Å²) in [5.41, 5.74) is 2.89. The summed E-state index contributed by atoms with van der Waals surface area (Å²) < 4.78 is 1.66. The first-order valence-corrected chi connectivity index (χ1v) is 11.2. The summed E-state index contributed by atoms with van der Waals surface area (Å²) >= 11 is 7.63. The lowest BCUT2D eigenvalue weighted by molar-refractivity contribution is -0.119. The number of hydrogen-bond donors (Lipinski definition) is 2. The van der Waals surface area contributed by atoms with Gasteiger partial charge in [0.15, 0.2) is 10.8 Å². The molecule has 3 aromatic heterocycles. The molecular weight excluding hydrogens is 462 g/mol. The number of rotatable bonds is 6. The zero-order valence-corrected chi connectivity index (χ0v) is 19.6. The van der Waals surface area contributed by atoms with Gasteiger partial charge < -0.3 is 10.6 Å². The lowest BCUT2D eigenvalue weighted by Crippen LogP contribution is -2.25. The number of benzene rings is 1. The van der Waals surface area contributed by atoms with Gasteiger partial charge in [0.05, 0.1) is 16.4 Å². The van der Waals surface area contributed by atoms with Crippen molar-refractivity contribution < 1.29 is 9.59 Å². The number of carbonyl (C=O) groups is 2. The van der Waals surface area contributed by atoms with Crippen molar-refractivity contribution in [1.29, 1.82) is 0 Å². The lowest BCUT2D eigenvalue weighted by atomic mass is 10.2. The van der Waals surface area contributed by atoms with Crippen molar-refractivity contribution in [3.63, 3.8) is 0 Å². The number of aryl methyl sites for hydroxylation is 2. The van der Waals surface area contributed by atoms with Gasteiger partial charge in [-0.05, 0) is 51.1 Å². The zero-order chi connectivity index (χ0) is 23.5. The molecule has 0 fully saturated rings. The van der Waals surface area contributed by atoms with Gasteiger partial charge in [-0.3, -0.25) is 14.3 Å². The summed E-state index contributed by atoms with van der Waals surface area (Å²) in [5, 5.41) is 12.4. The average molecular weight is 482 g/mol. The number of nitrogens with zero attached hydrogens (tertiary/aromatic N) is 5. The van der Waals surface area contributed by atoms with E-state index in [1.807, 2.05) is 19.9 Å². The number of thiazole rings is 1. The third kappa shape index (κ3) is 5.07. The number of anilines is 2. The van der Waals surface area contributed by atoms with Crippen LogP contribution in [0.15, 0.2) is 48.1 Å². The van der Waals surface area contributed by atoms with Crippen molar-refractivity contribution in [1.82, 2.24) is 24.7 Å². The van der Waals surface area contributed by atoms with E-state index in [1.165, 1.54) is 11.3 Å². The molecule has 4 rings (SSSR count). The predicted octanol–water partition coefficient (Wildman–Crippen LogP) is 4.52. The Balaban J connectivity index is 1.42. The highest BCUT2D eigenvalue weighted by molar-refractivity contribution is 7.13. The number of hydrogen-bond acceptors (Lipinski definition) is 7. The van der Waals surface area contributed by atoms with Gasteiger partial charge in [0, 0.05) is 29.2 Å². The topological polar surface area (TPSA) is 115 Å². The van der Waals surface area contributed by atoms with Crippen LogP contribution in [-0.4, -0.2) is 36.5 Å². The molecule has 1 unspecified atom stereocenters. The molecule has 4 aromatic rings. The fourth-order valence-electron chi connectivity index (χ4n) is 3.17. The minimum Gasteiger partial charge on any atom is -0.323 e. The molecule has 1 aromatic carbocycles. The van der Waals surface area contributed by atoms with E-state index in [0.717, 1.165) is 11.4 Å². The van der Waals surface area contributed by atoms with Crippen LogP contribution < -0.4 is 10.6 Å². The highest BCUT2D eigenvalue weighted by Gasteiger charge is 2.19. The first kappa shape index (κ1) is 22.6. The normalized spacial score (nSPS) is 11.8. The molecule has 1 atom stereocenters. The quantitative estimate of drug-likeness (QED) is 0.418. The summed E-state index contributed by atoms with van der Waals surface area (Å²) in [7, 11) is 0. The number of amides is 2. The van der Waals surface area contributed by atoms with E-state index >= 15 is 0 Å². The van der Waals surface area contributed by atoms with Crippen LogP contribution in [0.25, 0.3) is 10.8 Å². The van der Waals surface area contributed by atoms with Crippen molar-refractivity contribution in [2.45, 2.75) is 26.8 Å². The molecule has 168 valence electrons. The first-order chi connectivity index (χ1) is 15.8. The molecule has 0 spiro atoms. The Kier molecular flexibility index (Phi) is 6.47. The molecule has 0 radical (unpaired) electrons. The third-order valence-electron chi connectivity index (χ3n) is 4.77. The summed E-state index contributed by atoms with van der Waals surface area (Å²) in [6.07, 6.45) is 3.23. The van der Waals surface area contributed by atoms with Crippen LogP contribution in [0.2, 0.25) is 5.02 Å². The van der Waals surface area contributed by atoms with E-state index in [9.17, 15) is 9.59 Å². The molecule has 33 heavy (non-hydrogen) atoms. The summed E-state index contributed by atoms with van der Waals surface area (Å²) in [6, 6.07) is 7.96. The van der Waals surface area contributed by atoms with E-state index in [1.54, 1.807) is 53.6 Å². The van der Waals surface area contributed by atoms with Gasteiger partial charge in [0.1, 0.15) is 11.7 Å². The van der Waals surface area contributed by atoms with Gasteiger partial charge in [0.2, 0.25) is 5.91 Å². The van der Waals surface area contributed by atoms with Crippen LogP contribution in [0.5, 0.6) is 0 Å². The SMILES string of the molecule is Cc1cc(C)n(C(C)C(=O)Nc2ccc(NC(=O)c3csc(-c4ncccn4)n3)cc2Cl)n1. The average Bonchev–Trinajstić information content (AvgIpc) is 3.42. The van der Waals surface area contributed by atoms with Gasteiger partial charge in [-0.15, -0.1) is 11.3 Å².